The van der Waals surface area contributed by atoms with Crippen LogP contribution < -0.4 is 5.32 Å². The molecular weight excluding hydrogens is 405 g/mol. The Balaban J connectivity index is 2.43. The smallest absolute Gasteiger partial charge is 0.124 e. The molecule has 2 rings (SSSR count). The van der Waals surface area contributed by atoms with Crippen molar-refractivity contribution in [3.63, 3.8) is 0 Å². The van der Waals surface area contributed by atoms with Gasteiger partial charge in [0.25, 0.3) is 0 Å². The molecule has 1 N–H and O–H groups in total. The highest BCUT2D eigenvalue weighted by Gasteiger charge is 2.19. The van der Waals surface area contributed by atoms with Gasteiger partial charge >= 0.3 is 0 Å². The van der Waals surface area contributed by atoms with Gasteiger partial charge in [0.05, 0.1) is 6.04 Å². The van der Waals surface area contributed by atoms with Gasteiger partial charge in [-0.2, -0.15) is 0 Å². The average Bonchev–Trinajstić information content (AvgIpc) is 2.68. The second kappa shape index (κ2) is 7.16. The predicted octanol–water partition coefficient (Wildman–Crippen LogP) is 5.81. The van der Waals surface area contributed by atoms with Gasteiger partial charge in [0.2, 0.25) is 0 Å². The number of benzene rings is 1. The van der Waals surface area contributed by atoms with Crippen LogP contribution >= 0.6 is 43.2 Å². The molecule has 1 unspecified atom stereocenters. The van der Waals surface area contributed by atoms with E-state index in [2.05, 4.69) is 57.1 Å². The second-order valence-electron chi connectivity index (χ2n) is 4.66. The van der Waals surface area contributed by atoms with Gasteiger partial charge in [-0.1, -0.05) is 22.9 Å². The third-order valence-electron chi connectivity index (χ3n) is 2.92. The molecule has 0 saturated carbocycles. The number of hydrogen-bond donors (Lipinski definition) is 1. The van der Waals surface area contributed by atoms with E-state index in [0.717, 1.165) is 27.5 Å². The van der Waals surface area contributed by atoms with Crippen molar-refractivity contribution in [2.24, 2.45) is 0 Å². The van der Waals surface area contributed by atoms with Gasteiger partial charge in [-0.25, -0.2) is 4.39 Å². The number of thiophene rings is 1. The van der Waals surface area contributed by atoms with Crippen molar-refractivity contribution in [3.8, 4) is 0 Å². The lowest BCUT2D eigenvalue weighted by molar-refractivity contribution is 0.589. The fourth-order valence-corrected chi connectivity index (χ4v) is 4.56. The van der Waals surface area contributed by atoms with Crippen LogP contribution in [0.2, 0.25) is 0 Å². The molecule has 1 aromatic heterocycles. The Labute approximate surface area is 139 Å². The molecule has 0 radical (unpaired) electrons. The zero-order valence-electron chi connectivity index (χ0n) is 11.3. The summed E-state index contributed by atoms with van der Waals surface area (Å²) < 4.78 is 15.5. The summed E-state index contributed by atoms with van der Waals surface area (Å²) in [7, 11) is 0. The average molecular weight is 421 g/mol. The van der Waals surface area contributed by atoms with Crippen molar-refractivity contribution < 1.29 is 4.39 Å². The number of nitrogens with one attached hydrogen (secondary N) is 1. The lowest BCUT2D eigenvalue weighted by atomic mass is 10.0. The third-order valence-corrected chi connectivity index (χ3v) is 5.41. The molecule has 1 aromatic carbocycles. The summed E-state index contributed by atoms with van der Waals surface area (Å²) >= 11 is 8.71. The van der Waals surface area contributed by atoms with Gasteiger partial charge in [-0.05, 0) is 65.6 Å². The first-order chi connectivity index (χ1) is 9.51. The van der Waals surface area contributed by atoms with Crippen LogP contribution in [0, 0.1) is 12.7 Å². The fraction of sp³-hybridized carbons (Fsp3) is 0.333. The van der Waals surface area contributed by atoms with Gasteiger partial charge in [0.1, 0.15) is 5.82 Å². The van der Waals surface area contributed by atoms with E-state index in [0.29, 0.717) is 0 Å². The molecule has 20 heavy (non-hydrogen) atoms. The summed E-state index contributed by atoms with van der Waals surface area (Å²) in [6.45, 7) is 5.10. The molecule has 108 valence electrons. The van der Waals surface area contributed by atoms with Crippen LogP contribution in [0.15, 0.2) is 33.2 Å². The first-order valence-corrected chi connectivity index (χ1v) is 8.86. The minimum absolute atomic E-state index is 0.00928. The first-order valence-electron chi connectivity index (χ1n) is 6.46. The van der Waals surface area contributed by atoms with Crippen molar-refractivity contribution in [1.29, 1.82) is 0 Å². The topological polar surface area (TPSA) is 12.0 Å². The van der Waals surface area contributed by atoms with Crippen LogP contribution in [0.5, 0.6) is 0 Å². The number of aryl methyl sites for hydroxylation is 1. The monoisotopic (exact) mass is 419 g/mol. The van der Waals surface area contributed by atoms with E-state index in [9.17, 15) is 4.39 Å². The Morgan fingerprint density at radius 2 is 2.00 bits per heavy atom. The van der Waals surface area contributed by atoms with Crippen molar-refractivity contribution in [3.05, 3.63) is 54.3 Å². The van der Waals surface area contributed by atoms with Gasteiger partial charge in [0.15, 0.2) is 0 Å². The Bertz CT molecular complexity index is 577. The summed E-state index contributed by atoms with van der Waals surface area (Å²) in [5.41, 5.74) is 0.938. The molecule has 0 aliphatic heterocycles. The molecule has 0 amide bonds. The van der Waals surface area contributed by atoms with Crippen molar-refractivity contribution in [1.82, 2.24) is 5.32 Å². The van der Waals surface area contributed by atoms with Crippen molar-refractivity contribution >= 4 is 43.2 Å². The van der Waals surface area contributed by atoms with Crippen molar-refractivity contribution in [2.75, 3.05) is 6.54 Å². The standard InChI is InChI=1S/C15H16Br2FNS/c1-3-4-19-14(15-13(17)5-9(2)20-15)10-6-11(16)8-12(18)7-10/h5-8,14,19H,3-4H2,1-2H3. The summed E-state index contributed by atoms with van der Waals surface area (Å²) in [4.78, 5) is 2.43. The molecule has 0 bridgehead atoms. The summed E-state index contributed by atoms with van der Waals surface area (Å²) in [6.07, 6.45) is 1.04. The molecule has 1 atom stereocenters. The summed E-state index contributed by atoms with van der Waals surface area (Å²) in [5.74, 6) is -0.220. The molecule has 1 heterocycles. The molecule has 0 saturated heterocycles. The number of hydrogen-bond acceptors (Lipinski definition) is 2. The largest absolute Gasteiger partial charge is 0.306 e. The quantitative estimate of drug-likeness (QED) is 0.643. The highest BCUT2D eigenvalue weighted by Crippen LogP contribution is 2.36. The zero-order chi connectivity index (χ0) is 14.7. The van der Waals surface area contributed by atoms with Crippen LogP contribution in [0.3, 0.4) is 0 Å². The maximum atomic E-state index is 13.7. The van der Waals surface area contributed by atoms with Crippen LogP contribution in [0.25, 0.3) is 0 Å². The van der Waals surface area contributed by atoms with Gasteiger partial charge in [-0.15, -0.1) is 11.3 Å². The van der Waals surface area contributed by atoms with E-state index in [1.165, 1.54) is 15.8 Å². The summed E-state index contributed by atoms with van der Waals surface area (Å²) in [6, 6.07) is 7.16. The molecule has 1 nitrogen and oxygen atoms in total. The molecular formula is C15H16Br2FNS. The maximum absolute atomic E-state index is 13.7. The lowest BCUT2D eigenvalue weighted by Crippen LogP contribution is -2.22. The van der Waals surface area contributed by atoms with E-state index in [-0.39, 0.29) is 11.9 Å². The fourth-order valence-electron chi connectivity index (χ4n) is 2.09. The van der Waals surface area contributed by atoms with Crippen LogP contribution in [0.4, 0.5) is 4.39 Å². The van der Waals surface area contributed by atoms with Crippen molar-refractivity contribution in [2.45, 2.75) is 26.3 Å². The van der Waals surface area contributed by atoms with E-state index < -0.39 is 0 Å². The predicted molar refractivity (Wildman–Crippen MR) is 91.0 cm³/mol. The van der Waals surface area contributed by atoms with E-state index in [1.54, 1.807) is 17.4 Å². The Kier molecular flexibility index (Phi) is 5.78. The highest BCUT2D eigenvalue weighted by atomic mass is 79.9. The molecule has 0 spiro atoms. The first kappa shape index (κ1) is 16.1. The highest BCUT2D eigenvalue weighted by molar-refractivity contribution is 9.10. The number of rotatable bonds is 5. The Morgan fingerprint density at radius 3 is 2.55 bits per heavy atom. The Hall–Kier alpha value is -0.230. The lowest BCUT2D eigenvalue weighted by Gasteiger charge is -2.19. The zero-order valence-corrected chi connectivity index (χ0v) is 15.3. The third kappa shape index (κ3) is 3.91. The number of halogens is 3. The molecule has 0 aliphatic rings. The van der Waals surface area contributed by atoms with Gasteiger partial charge in [0, 0.05) is 18.7 Å². The maximum Gasteiger partial charge on any atom is 0.124 e. The van der Waals surface area contributed by atoms with Crippen LogP contribution in [-0.2, 0) is 0 Å². The van der Waals surface area contributed by atoms with E-state index in [4.69, 9.17) is 0 Å². The van der Waals surface area contributed by atoms with E-state index in [1.807, 2.05) is 6.07 Å². The SMILES string of the molecule is CCCNC(c1cc(F)cc(Br)c1)c1sc(C)cc1Br. The van der Waals surface area contributed by atoms with E-state index >= 15 is 0 Å². The minimum atomic E-state index is -0.220. The van der Waals surface area contributed by atoms with Crippen LogP contribution in [0.1, 0.15) is 34.7 Å². The minimum Gasteiger partial charge on any atom is -0.306 e. The molecule has 0 aliphatic carbocycles. The molecule has 2 aromatic rings. The Morgan fingerprint density at radius 1 is 1.25 bits per heavy atom. The molecule has 0 fully saturated rings. The second-order valence-corrected chi connectivity index (χ2v) is 7.72. The summed E-state index contributed by atoms with van der Waals surface area (Å²) in [5, 5.41) is 3.50. The van der Waals surface area contributed by atoms with Gasteiger partial charge in [-0.3, -0.25) is 0 Å². The molecule has 5 heteroatoms. The van der Waals surface area contributed by atoms with Crippen LogP contribution in [-0.4, -0.2) is 6.54 Å². The normalized spacial score (nSPS) is 12.7. The van der Waals surface area contributed by atoms with Gasteiger partial charge < -0.3 is 5.32 Å².